The number of aliphatic hydroxyl groups excluding tert-OH is 1. The molecular formula is C22H24N4O2S. The van der Waals surface area contributed by atoms with E-state index in [0.29, 0.717) is 16.8 Å². The fourth-order valence-corrected chi connectivity index (χ4v) is 3.90. The van der Waals surface area contributed by atoms with Crippen LogP contribution >= 0.6 is 11.8 Å². The zero-order valence-corrected chi connectivity index (χ0v) is 17.6. The van der Waals surface area contributed by atoms with E-state index in [9.17, 15) is 5.11 Å². The summed E-state index contributed by atoms with van der Waals surface area (Å²) in [5.74, 6) is 1.65. The second kappa shape index (κ2) is 8.39. The standard InChI is InChI=1S/C22H24N4O2S/c1-14(2)17-9-8-15(3)10-20(17)28-11-16(27)12-29-22-24-21-18-6-4-5-7-19(18)23-13-26(21)25-22/h4-10,13-14,16,27H,11-12H2,1-3H3/t16-/m1/s1. The van der Waals surface area contributed by atoms with E-state index in [1.165, 1.54) is 11.8 Å². The second-order valence-electron chi connectivity index (χ2n) is 7.40. The Bertz CT molecular complexity index is 1140. The molecule has 0 bridgehead atoms. The van der Waals surface area contributed by atoms with Crippen LogP contribution < -0.4 is 4.74 Å². The highest BCUT2D eigenvalue weighted by Gasteiger charge is 2.14. The lowest BCUT2D eigenvalue weighted by Crippen LogP contribution is -2.20. The first-order valence-corrected chi connectivity index (χ1v) is 10.6. The first-order valence-electron chi connectivity index (χ1n) is 9.65. The minimum Gasteiger partial charge on any atom is -0.491 e. The van der Waals surface area contributed by atoms with E-state index in [2.05, 4.69) is 41.0 Å². The predicted octanol–water partition coefficient (Wildman–Crippen LogP) is 4.24. The molecule has 150 valence electrons. The van der Waals surface area contributed by atoms with Gasteiger partial charge in [0, 0.05) is 11.1 Å². The van der Waals surface area contributed by atoms with Crippen LogP contribution in [0.15, 0.2) is 53.9 Å². The number of aromatic nitrogens is 4. The van der Waals surface area contributed by atoms with Crippen molar-refractivity contribution in [3.8, 4) is 5.75 Å². The van der Waals surface area contributed by atoms with E-state index in [0.717, 1.165) is 33.4 Å². The van der Waals surface area contributed by atoms with Gasteiger partial charge in [-0.05, 0) is 42.2 Å². The first-order chi connectivity index (χ1) is 14.0. The molecule has 0 radical (unpaired) electrons. The molecular weight excluding hydrogens is 384 g/mol. The quantitative estimate of drug-likeness (QED) is 0.461. The average molecular weight is 409 g/mol. The number of thioether (sulfide) groups is 1. The Balaban J connectivity index is 1.41. The van der Waals surface area contributed by atoms with Gasteiger partial charge in [0.1, 0.15) is 18.7 Å². The SMILES string of the molecule is Cc1ccc(C(C)C)c(OC[C@@H](O)CSc2nc3c4ccccc4ncn3n2)c1. The lowest BCUT2D eigenvalue weighted by molar-refractivity contribution is 0.125. The highest BCUT2D eigenvalue weighted by molar-refractivity contribution is 7.99. The van der Waals surface area contributed by atoms with Crippen LogP contribution in [0, 0.1) is 6.92 Å². The Morgan fingerprint density at radius 2 is 2.00 bits per heavy atom. The molecule has 0 unspecified atom stereocenters. The maximum absolute atomic E-state index is 10.4. The van der Waals surface area contributed by atoms with E-state index in [1.54, 1.807) is 10.8 Å². The summed E-state index contributed by atoms with van der Waals surface area (Å²) in [7, 11) is 0. The molecule has 0 aliphatic rings. The van der Waals surface area contributed by atoms with Crippen molar-refractivity contribution in [1.29, 1.82) is 0 Å². The molecule has 0 aliphatic carbocycles. The molecule has 4 rings (SSSR count). The maximum Gasteiger partial charge on any atom is 0.209 e. The van der Waals surface area contributed by atoms with Crippen molar-refractivity contribution in [3.63, 3.8) is 0 Å². The van der Waals surface area contributed by atoms with Gasteiger partial charge in [-0.25, -0.2) is 14.5 Å². The monoisotopic (exact) mass is 408 g/mol. The number of rotatable bonds is 7. The minimum absolute atomic E-state index is 0.230. The molecule has 0 fully saturated rings. The van der Waals surface area contributed by atoms with E-state index in [1.807, 2.05) is 37.3 Å². The Kier molecular flexibility index (Phi) is 5.69. The summed E-state index contributed by atoms with van der Waals surface area (Å²) in [6.07, 6.45) is 1.04. The summed E-state index contributed by atoms with van der Waals surface area (Å²) in [6, 6.07) is 14.1. The number of nitrogens with zero attached hydrogens (tertiary/aromatic N) is 4. The summed E-state index contributed by atoms with van der Waals surface area (Å²) in [4.78, 5) is 9.00. The summed E-state index contributed by atoms with van der Waals surface area (Å²) in [5.41, 5.74) is 3.95. The first kappa shape index (κ1) is 19.7. The summed E-state index contributed by atoms with van der Waals surface area (Å²) in [6.45, 7) is 6.54. The van der Waals surface area contributed by atoms with Crippen LogP contribution in [0.4, 0.5) is 0 Å². The van der Waals surface area contributed by atoms with Gasteiger partial charge in [-0.15, -0.1) is 5.10 Å². The van der Waals surface area contributed by atoms with Gasteiger partial charge in [0.25, 0.3) is 0 Å². The van der Waals surface area contributed by atoms with E-state index >= 15 is 0 Å². The van der Waals surface area contributed by atoms with Crippen LogP contribution in [0.1, 0.15) is 30.9 Å². The topological polar surface area (TPSA) is 72.5 Å². The molecule has 4 aromatic rings. The highest BCUT2D eigenvalue weighted by Crippen LogP contribution is 2.28. The number of fused-ring (bicyclic) bond motifs is 3. The Morgan fingerprint density at radius 1 is 1.17 bits per heavy atom. The van der Waals surface area contributed by atoms with Crippen LogP contribution in [-0.2, 0) is 0 Å². The Hall–Kier alpha value is -2.64. The molecule has 29 heavy (non-hydrogen) atoms. The van der Waals surface area contributed by atoms with Crippen LogP contribution in [0.5, 0.6) is 5.75 Å². The van der Waals surface area contributed by atoms with Crippen molar-refractivity contribution < 1.29 is 9.84 Å². The maximum atomic E-state index is 10.4. The molecule has 1 atom stereocenters. The molecule has 0 aliphatic heterocycles. The van der Waals surface area contributed by atoms with E-state index in [4.69, 9.17) is 4.74 Å². The predicted molar refractivity (Wildman–Crippen MR) is 116 cm³/mol. The van der Waals surface area contributed by atoms with Gasteiger partial charge in [-0.2, -0.15) is 0 Å². The molecule has 2 aromatic carbocycles. The van der Waals surface area contributed by atoms with Crippen LogP contribution in [-0.4, -0.2) is 43.2 Å². The third-order valence-corrected chi connectivity index (χ3v) is 5.67. The number of benzene rings is 2. The van der Waals surface area contributed by atoms with E-state index < -0.39 is 6.10 Å². The molecule has 0 saturated carbocycles. The normalized spacial score (nSPS) is 12.7. The van der Waals surface area contributed by atoms with Crippen molar-refractivity contribution in [2.75, 3.05) is 12.4 Å². The van der Waals surface area contributed by atoms with Crippen LogP contribution in [0.25, 0.3) is 16.6 Å². The third-order valence-electron chi connectivity index (χ3n) is 4.69. The second-order valence-corrected chi connectivity index (χ2v) is 8.38. The van der Waals surface area contributed by atoms with E-state index in [-0.39, 0.29) is 6.61 Å². The summed E-state index contributed by atoms with van der Waals surface area (Å²) in [5, 5.41) is 16.4. The van der Waals surface area contributed by atoms with Gasteiger partial charge in [-0.3, -0.25) is 0 Å². The smallest absolute Gasteiger partial charge is 0.209 e. The van der Waals surface area contributed by atoms with Crippen molar-refractivity contribution in [2.24, 2.45) is 0 Å². The third kappa shape index (κ3) is 4.36. The van der Waals surface area contributed by atoms with Crippen LogP contribution in [0.3, 0.4) is 0 Å². The van der Waals surface area contributed by atoms with Gasteiger partial charge in [-0.1, -0.05) is 49.9 Å². The van der Waals surface area contributed by atoms with Crippen molar-refractivity contribution in [1.82, 2.24) is 19.6 Å². The lowest BCUT2D eigenvalue weighted by Gasteiger charge is -2.17. The fourth-order valence-electron chi connectivity index (χ4n) is 3.17. The largest absolute Gasteiger partial charge is 0.491 e. The number of aliphatic hydroxyl groups is 1. The van der Waals surface area contributed by atoms with Gasteiger partial charge in [0.2, 0.25) is 5.16 Å². The summed E-state index contributed by atoms with van der Waals surface area (Å²) < 4.78 is 7.60. The molecule has 7 heteroatoms. The van der Waals surface area contributed by atoms with Crippen LogP contribution in [0.2, 0.25) is 0 Å². The van der Waals surface area contributed by atoms with Gasteiger partial charge in [0.05, 0.1) is 11.6 Å². The van der Waals surface area contributed by atoms with Gasteiger partial charge < -0.3 is 9.84 Å². The Labute approximate surface area is 174 Å². The fraction of sp³-hybridized carbons (Fsp3) is 0.318. The molecule has 2 aromatic heterocycles. The molecule has 0 amide bonds. The molecule has 6 nitrogen and oxygen atoms in total. The highest BCUT2D eigenvalue weighted by atomic mass is 32.2. The van der Waals surface area contributed by atoms with Crippen molar-refractivity contribution >= 4 is 28.3 Å². The number of hydrogen-bond acceptors (Lipinski definition) is 6. The van der Waals surface area contributed by atoms with Gasteiger partial charge >= 0.3 is 0 Å². The lowest BCUT2D eigenvalue weighted by atomic mass is 10.0. The Morgan fingerprint density at radius 3 is 2.83 bits per heavy atom. The average Bonchev–Trinajstić information content (AvgIpc) is 3.14. The molecule has 0 saturated heterocycles. The zero-order chi connectivity index (χ0) is 20.4. The zero-order valence-electron chi connectivity index (χ0n) is 16.7. The van der Waals surface area contributed by atoms with Gasteiger partial charge in [0.15, 0.2) is 5.65 Å². The molecule has 2 heterocycles. The molecule has 0 spiro atoms. The molecule has 1 N–H and O–H groups in total. The minimum atomic E-state index is -0.623. The number of para-hydroxylation sites is 1. The number of aryl methyl sites for hydroxylation is 1. The number of hydrogen-bond donors (Lipinski definition) is 1. The van der Waals surface area contributed by atoms with Crippen molar-refractivity contribution in [2.45, 2.75) is 37.9 Å². The van der Waals surface area contributed by atoms with Crippen molar-refractivity contribution in [3.05, 3.63) is 59.9 Å². The summed E-state index contributed by atoms with van der Waals surface area (Å²) >= 11 is 1.41. The number of ether oxygens (including phenoxy) is 1.